The zero-order valence-electron chi connectivity index (χ0n) is 48.5. The Balaban J connectivity index is 1.01. The van der Waals surface area contributed by atoms with E-state index in [1.807, 2.05) is 0 Å². The highest BCUT2D eigenvalue weighted by Gasteiger charge is 2.36. The highest BCUT2D eigenvalue weighted by atomic mass is 15.2. The van der Waals surface area contributed by atoms with Crippen LogP contribution in [0.15, 0.2) is 297 Å². The highest BCUT2D eigenvalue weighted by Crippen LogP contribution is 2.53. The van der Waals surface area contributed by atoms with Crippen LogP contribution in [0.2, 0.25) is 0 Å². The maximum Gasteiger partial charge on any atom is 0.220 e. The number of nitrogens with zero attached hydrogens (tertiary/aromatic N) is 7. The Morgan fingerprint density at radius 1 is 0.270 bits per heavy atom. The molecule has 416 valence electrons. The van der Waals surface area contributed by atoms with Crippen molar-refractivity contribution in [3.05, 3.63) is 320 Å². The average Bonchev–Trinajstić information content (AvgIpc) is 1.59. The first-order chi connectivity index (χ1) is 44.1. The van der Waals surface area contributed by atoms with Gasteiger partial charge in [0.2, 0.25) is 11.6 Å². The van der Waals surface area contributed by atoms with E-state index < -0.39 is 0 Å². The molecule has 0 N–H and O–H groups in total. The summed E-state index contributed by atoms with van der Waals surface area (Å²) in [4.78, 5) is 11.6. The first kappa shape index (κ1) is 49.5. The molecule has 0 unspecified atom stereocenters. The van der Waals surface area contributed by atoms with Crippen molar-refractivity contribution in [2.75, 3.05) is 0 Å². The lowest BCUT2D eigenvalue weighted by molar-refractivity contribution is 0.943. The van der Waals surface area contributed by atoms with Gasteiger partial charge >= 0.3 is 0 Å². The van der Waals surface area contributed by atoms with Crippen LogP contribution in [0.25, 0.3) is 150 Å². The number of aromatic nitrogens is 7. The maximum atomic E-state index is 5.80. The van der Waals surface area contributed by atoms with Crippen molar-refractivity contribution in [1.82, 2.24) is 32.5 Å². The largest absolute Gasteiger partial charge is 0.307 e. The molecule has 0 fully saturated rings. The summed E-state index contributed by atoms with van der Waals surface area (Å²) in [7, 11) is 0. The molecule has 0 aliphatic heterocycles. The van der Waals surface area contributed by atoms with E-state index in [2.05, 4.69) is 327 Å². The lowest BCUT2D eigenvalue weighted by atomic mass is 9.85. The monoisotopic (exact) mass is 1140 g/mol. The van der Waals surface area contributed by atoms with E-state index in [0.717, 1.165) is 139 Å². The van der Waals surface area contributed by atoms with Gasteiger partial charge in [-0.15, -0.1) is 0 Å². The maximum absolute atomic E-state index is 5.80. The molecule has 18 aromatic rings. The minimum absolute atomic E-state index is 0.188. The number of rotatable bonds is 8. The van der Waals surface area contributed by atoms with Gasteiger partial charge in [0.15, 0.2) is 0 Å². The van der Waals surface area contributed by atoms with Crippen molar-refractivity contribution >= 4 is 77.5 Å². The molecule has 0 amide bonds. The van der Waals surface area contributed by atoms with Crippen molar-refractivity contribution in [2.24, 2.45) is 0 Å². The first-order valence-corrected chi connectivity index (χ1v) is 30.6. The molecule has 1 aliphatic rings. The smallest absolute Gasteiger partial charge is 0.220 e. The Kier molecular flexibility index (Phi) is 10.6. The van der Waals surface area contributed by atoms with Gasteiger partial charge < -0.3 is 4.57 Å². The molecule has 0 atom stereocenters. The molecule has 0 radical (unpaired) electrons. The second kappa shape index (κ2) is 19.1. The zero-order chi connectivity index (χ0) is 58.4. The summed E-state index contributed by atoms with van der Waals surface area (Å²) >= 11 is 0. The van der Waals surface area contributed by atoms with Crippen LogP contribution < -0.4 is 0 Å². The van der Waals surface area contributed by atoms with Crippen LogP contribution in [0.5, 0.6) is 0 Å². The fraction of sp³-hybridized carbons (Fsp3) is 0.0244. The van der Waals surface area contributed by atoms with Crippen LogP contribution >= 0.6 is 0 Å². The molecule has 5 heterocycles. The second-order valence-electron chi connectivity index (χ2n) is 23.7. The summed E-state index contributed by atoms with van der Waals surface area (Å²) in [5.41, 5.74) is 30.0. The molecule has 89 heavy (non-hydrogen) atoms. The Morgan fingerprint density at radius 3 is 1.12 bits per heavy atom. The predicted octanol–water partition coefficient (Wildman–Crippen LogP) is 20.4. The molecule has 1 aliphatic carbocycles. The Morgan fingerprint density at radius 2 is 0.652 bits per heavy atom. The minimum Gasteiger partial charge on any atom is -0.307 e. The third-order valence-electron chi connectivity index (χ3n) is 18.9. The van der Waals surface area contributed by atoms with Crippen molar-refractivity contribution in [3.63, 3.8) is 0 Å². The fourth-order valence-corrected chi connectivity index (χ4v) is 15.0. The predicted molar refractivity (Wildman–Crippen MR) is 366 cm³/mol. The number of benzene rings is 13. The van der Waals surface area contributed by atoms with Crippen molar-refractivity contribution < 1.29 is 0 Å². The summed E-state index contributed by atoms with van der Waals surface area (Å²) in [5, 5.41) is 2.37. The Bertz CT molecular complexity index is 5820. The Hall–Kier alpha value is -11.8. The van der Waals surface area contributed by atoms with Gasteiger partial charge in [0.1, 0.15) is 0 Å². The quantitative estimate of drug-likeness (QED) is 0.152. The summed E-state index contributed by atoms with van der Waals surface area (Å²) in [6, 6.07) is 109. The van der Waals surface area contributed by atoms with Crippen LogP contribution in [-0.4, -0.2) is 32.5 Å². The van der Waals surface area contributed by atoms with Crippen LogP contribution in [0.4, 0.5) is 0 Å². The van der Waals surface area contributed by atoms with Gasteiger partial charge in [-0.05, 0) is 152 Å². The van der Waals surface area contributed by atoms with Gasteiger partial charge in [-0.2, -0.15) is 0 Å². The van der Waals surface area contributed by atoms with Crippen LogP contribution in [0, 0.1) is 6.92 Å². The van der Waals surface area contributed by atoms with E-state index in [-0.39, 0.29) is 5.92 Å². The van der Waals surface area contributed by atoms with E-state index in [4.69, 9.17) is 9.97 Å². The molecule has 0 spiro atoms. The summed E-state index contributed by atoms with van der Waals surface area (Å²) in [6.07, 6.45) is 0. The SMILES string of the molecule is Cc1c(-n2c3ccccc3c3ccccc32)c(-n2c3ccc(-c4ccccc4)cc3n3c4cc(-c5ccccc5)ccc4nc23)cc(C2c3ccccc3-c3ccccc32)c1-n1c2ccc(-c3ccccc3)cc2n2c3cc(-c4ccccc4)ccc3nc12. The molecule has 7 heteroatoms. The van der Waals surface area contributed by atoms with Crippen LogP contribution in [0.3, 0.4) is 0 Å². The van der Waals surface area contributed by atoms with Gasteiger partial charge in [-0.1, -0.05) is 231 Å². The molecular weight excluding hydrogens is 1080 g/mol. The second-order valence-corrected chi connectivity index (χ2v) is 23.7. The lowest BCUT2D eigenvalue weighted by Crippen LogP contribution is -2.15. The van der Waals surface area contributed by atoms with Gasteiger partial charge in [0, 0.05) is 16.7 Å². The van der Waals surface area contributed by atoms with Gasteiger partial charge in [0.05, 0.1) is 72.2 Å². The third kappa shape index (κ3) is 7.27. The van der Waals surface area contributed by atoms with Crippen LogP contribution in [0.1, 0.15) is 28.2 Å². The summed E-state index contributed by atoms with van der Waals surface area (Å²) < 4.78 is 12.4. The summed E-state index contributed by atoms with van der Waals surface area (Å²) in [6.45, 7) is 2.37. The topological polar surface area (TPSA) is 49.4 Å². The molecule has 0 bridgehead atoms. The van der Waals surface area contributed by atoms with Gasteiger partial charge in [0.25, 0.3) is 0 Å². The number of imidazole rings is 4. The molecule has 0 saturated heterocycles. The fourth-order valence-electron chi connectivity index (χ4n) is 15.0. The third-order valence-corrected chi connectivity index (χ3v) is 18.9. The van der Waals surface area contributed by atoms with E-state index in [1.165, 1.54) is 33.0 Å². The van der Waals surface area contributed by atoms with Crippen molar-refractivity contribution in [3.8, 4) is 72.7 Å². The molecule has 5 aromatic heterocycles. The van der Waals surface area contributed by atoms with Gasteiger partial charge in [-0.3, -0.25) is 17.9 Å². The van der Waals surface area contributed by atoms with Crippen LogP contribution in [-0.2, 0) is 0 Å². The first-order valence-electron chi connectivity index (χ1n) is 30.6. The summed E-state index contributed by atoms with van der Waals surface area (Å²) in [5.74, 6) is 1.48. The number of hydrogen-bond acceptors (Lipinski definition) is 2. The number of hydrogen-bond donors (Lipinski definition) is 0. The number of para-hydroxylation sites is 2. The zero-order valence-corrected chi connectivity index (χ0v) is 48.5. The Labute approximate surface area is 512 Å². The average molecular weight is 1140 g/mol. The van der Waals surface area contributed by atoms with Crippen molar-refractivity contribution in [1.29, 1.82) is 0 Å². The van der Waals surface area contributed by atoms with E-state index >= 15 is 0 Å². The minimum atomic E-state index is -0.188. The highest BCUT2D eigenvalue weighted by molar-refractivity contribution is 6.10. The normalized spacial score (nSPS) is 12.5. The standard InChI is InChI=1S/C82H53N7/c1-51-79(89-72-45-41-59(55-28-12-5-13-29-55)49-76(72)88-74-47-57(53-24-8-3-9-25-53)39-43-68(74)84-82(88)89)66(78-64-34-16-14-30-60(64)61-31-15-17-35-65(61)78)50-77(80(51)85-69-36-20-18-32-62(69)63-33-19-21-37-70(63)85)86-71-44-40-58(54-26-10-4-11-27-54)48-75(71)87-73-46-56(52-22-6-2-7-23-52)38-42-67(73)83-81(86)87/h2-50,78H,1H3. The van der Waals surface area contributed by atoms with E-state index in [9.17, 15) is 0 Å². The molecule has 13 aromatic carbocycles. The number of fused-ring (bicyclic) bond motifs is 16. The molecular formula is C82H53N7. The molecule has 0 saturated carbocycles. The molecule has 19 rings (SSSR count). The lowest BCUT2D eigenvalue weighted by Gasteiger charge is -2.27. The van der Waals surface area contributed by atoms with E-state index in [1.54, 1.807) is 0 Å². The van der Waals surface area contributed by atoms with Crippen molar-refractivity contribution in [2.45, 2.75) is 12.8 Å². The molecule has 7 nitrogen and oxygen atoms in total. The van der Waals surface area contributed by atoms with E-state index in [0.29, 0.717) is 0 Å². The van der Waals surface area contributed by atoms with Gasteiger partial charge in [-0.25, -0.2) is 9.97 Å².